The van der Waals surface area contributed by atoms with Gasteiger partial charge in [-0.15, -0.1) is 0 Å². The number of nitrogens with one attached hydrogen (secondary N) is 1. The van der Waals surface area contributed by atoms with Gasteiger partial charge in [0.15, 0.2) is 0 Å². The third-order valence-corrected chi connectivity index (χ3v) is 4.42. The second kappa shape index (κ2) is 8.35. The zero-order valence-corrected chi connectivity index (χ0v) is 14.2. The lowest BCUT2D eigenvalue weighted by atomic mass is 9.78. The predicted octanol–water partition coefficient (Wildman–Crippen LogP) is 3.83. The number of carbonyl (C=O) groups excluding carboxylic acids is 1. The lowest BCUT2D eigenvalue weighted by Gasteiger charge is -2.31. The van der Waals surface area contributed by atoms with Crippen LogP contribution in [0.25, 0.3) is 0 Å². The van der Waals surface area contributed by atoms with Crippen molar-refractivity contribution >= 4 is 34.7 Å². The Kier molecular flexibility index (Phi) is 7.12. The zero-order valence-electron chi connectivity index (χ0n) is 12.6. The predicted molar refractivity (Wildman–Crippen MR) is 92.3 cm³/mol. The first kappa shape index (κ1) is 17.9. The molecule has 1 aromatic rings. The van der Waals surface area contributed by atoms with Crippen LogP contribution >= 0.6 is 23.8 Å². The monoisotopic (exact) mass is 326 g/mol. The largest absolute Gasteiger partial charge is 0.392 e. The summed E-state index contributed by atoms with van der Waals surface area (Å²) in [5.41, 5.74) is 6.02. The van der Waals surface area contributed by atoms with Crippen molar-refractivity contribution < 1.29 is 4.79 Å². The number of amides is 1. The van der Waals surface area contributed by atoms with Gasteiger partial charge >= 0.3 is 0 Å². The van der Waals surface area contributed by atoms with E-state index in [1.807, 2.05) is 38.1 Å². The summed E-state index contributed by atoms with van der Waals surface area (Å²) in [5, 5.41) is 3.58. The van der Waals surface area contributed by atoms with Gasteiger partial charge in [0, 0.05) is 11.6 Å². The van der Waals surface area contributed by atoms with Crippen molar-refractivity contribution in [1.82, 2.24) is 5.32 Å². The number of rotatable bonds is 8. The molecule has 0 aromatic heterocycles. The fourth-order valence-electron chi connectivity index (χ4n) is 2.55. The minimum Gasteiger partial charge on any atom is -0.392 e. The van der Waals surface area contributed by atoms with Gasteiger partial charge in [-0.3, -0.25) is 4.79 Å². The van der Waals surface area contributed by atoms with Gasteiger partial charge in [-0.1, -0.05) is 68.7 Å². The van der Waals surface area contributed by atoms with E-state index in [0.29, 0.717) is 24.4 Å². The summed E-state index contributed by atoms with van der Waals surface area (Å²) in [6, 6.07) is 7.46. The molecule has 0 aliphatic rings. The minimum absolute atomic E-state index is 0.0985. The summed E-state index contributed by atoms with van der Waals surface area (Å²) in [6.45, 7) is 4.45. The van der Waals surface area contributed by atoms with Gasteiger partial charge in [0.2, 0.25) is 5.91 Å². The molecule has 0 unspecified atom stereocenters. The van der Waals surface area contributed by atoms with E-state index in [2.05, 4.69) is 5.32 Å². The molecule has 0 radical (unpaired) electrons. The van der Waals surface area contributed by atoms with Crippen molar-refractivity contribution in [2.75, 3.05) is 0 Å². The maximum absolute atomic E-state index is 12.6. The first-order valence-corrected chi connectivity index (χ1v) is 8.08. The van der Waals surface area contributed by atoms with E-state index in [4.69, 9.17) is 29.6 Å². The molecule has 0 spiro atoms. The van der Waals surface area contributed by atoms with Crippen LogP contribution in [0, 0.1) is 5.41 Å². The standard InChI is InChI=1S/C16H23ClN2OS/c1-3-9-16(10-4-2,14(18)21)15(20)19-11-12-7-5-6-8-13(12)17/h5-8H,3-4,9-11H2,1-2H3,(H2,18,21)(H,19,20). The van der Waals surface area contributed by atoms with Crippen LogP contribution in [0.4, 0.5) is 0 Å². The normalized spacial score (nSPS) is 11.2. The summed E-state index contributed by atoms with van der Waals surface area (Å²) in [4.78, 5) is 12.9. The highest BCUT2D eigenvalue weighted by molar-refractivity contribution is 7.80. The van der Waals surface area contributed by atoms with E-state index in [1.165, 1.54) is 0 Å². The van der Waals surface area contributed by atoms with Crippen LogP contribution in [0.5, 0.6) is 0 Å². The number of nitrogens with two attached hydrogens (primary N) is 1. The Labute approximate surface area is 137 Å². The van der Waals surface area contributed by atoms with Crippen LogP contribution in [0.15, 0.2) is 24.3 Å². The number of hydrogen-bond donors (Lipinski definition) is 2. The van der Waals surface area contributed by atoms with Crippen molar-refractivity contribution in [3.8, 4) is 0 Å². The molecule has 1 amide bonds. The summed E-state index contributed by atoms with van der Waals surface area (Å²) >= 11 is 11.3. The zero-order chi connectivity index (χ0) is 15.9. The highest BCUT2D eigenvalue weighted by atomic mass is 35.5. The van der Waals surface area contributed by atoms with Crippen LogP contribution in [0.2, 0.25) is 5.02 Å². The van der Waals surface area contributed by atoms with Crippen molar-refractivity contribution in [2.24, 2.45) is 11.1 Å². The molecule has 0 fully saturated rings. The molecule has 0 aliphatic heterocycles. The molecule has 3 nitrogen and oxygen atoms in total. The maximum atomic E-state index is 12.6. The molecular formula is C16H23ClN2OS. The minimum atomic E-state index is -0.750. The molecule has 5 heteroatoms. The van der Waals surface area contributed by atoms with Crippen molar-refractivity contribution in [3.05, 3.63) is 34.9 Å². The molecule has 116 valence electrons. The summed E-state index contributed by atoms with van der Waals surface area (Å²) in [6.07, 6.45) is 3.06. The quantitative estimate of drug-likeness (QED) is 0.714. The molecule has 0 atom stereocenters. The molecule has 0 saturated carbocycles. The van der Waals surface area contributed by atoms with E-state index >= 15 is 0 Å². The van der Waals surface area contributed by atoms with Crippen LogP contribution in [0.3, 0.4) is 0 Å². The van der Waals surface area contributed by atoms with E-state index < -0.39 is 5.41 Å². The number of halogens is 1. The van der Waals surface area contributed by atoms with Gasteiger partial charge in [0.05, 0.1) is 10.4 Å². The van der Waals surface area contributed by atoms with E-state index in [0.717, 1.165) is 18.4 Å². The first-order chi connectivity index (χ1) is 9.97. The van der Waals surface area contributed by atoms with Crippen LogP contribution < -0.4 is 11.1 Å². The number of hydrogen-bond acceptors (Lipinski definition) is 2. The fourth-order valence-corrected chi connectivity index (χ4v) is 3.05. The van der Waals surface area contributed by atoms with E-state index in [-0.39, 0.29) is 10.9 Å². The second-order valence-electron chi connectivity index (χ2n) is 5.22. The van der Waals surface area contributed by atoms with Gasteiger partial charge in [-0.25, -0.2) is 0 Å². The van der Waals surface area contributed by atoms with Crippen molar-refractivity contribution in [2.45, 2.75) is 46.1 Å². The summed E-state index contributed by atoms with van der Waals surface area (Å²) in [7, 11) is 0. The number of carbonyl (C=O) groups is 1. The van der Waals surface area contributed by atoms with E-state index in [1.54, 1.807) is 0 Å². The van der Waals surface area contributed by atoms with Crippen molar-refractivity contribution in [3.63, 3.8) is 0 Å². The Morgan fingerprint density at radius 1 is 1.29 bits per heavy atom. The molecule has 0 heterocycles. The van der Waals surface area contributed by atoms with Crippen molar-refractivity contribution in [1.29, 1.82) is 0 Å². The Bertz CT molecular complexity index is 499. The Morgan fingerprint density at radius 2 is 1.86 bits per heavy atom. The average Bonchev–Trinajstić information content (AvgIpc) is 2.45. The highest BCUT2D eigenvalue weighted by Crippen LogP contribution is 2.31. The molecular weight excluding hydrogens is 304 g/mol. The number of benzene rings is 1. The fraction of sp³-hybridized carbons (Fsp3) is 0.500. The SMILES string of the molecule is CCCC(CCC)(C(=O)NCc1ccccc1Cl)C(N)=S. The van der Waals surface area contributed by atoms with Gasteiger partial charge in [0.1, 0.15) is 0 Å². The average molecular weight is 327 g/mol. The Balaban J connectivity index is 2.86. The third kappa shape index (κ3) is 4.42. The van der Waals surface area contributed by atoms with Crippen LogP contribution in [-0.4, -0.2) is 10.9 Å². The highest BCUT2D eigenvalue weighted by Gasteiger charge is 2.39. The Morgan fingerprint density at radius 3 is 2.33 bits per heavy atom. The number of thiocarbonyl (C=S) groups is 1. The summed E-state index contributed by atoms with van der Waals surface area (Å²) in [5.74, 6) is -0.0985. The van der Waals surface area contributed by atoms with Gasteiger partial charge in [0.25, 0.3) is 0 Å². The van der Waals surface area contributed by atoms with E-state index in [9.17, 15) is 4.79 Å². The van der Waals surface area contributed by atoms with Gasteiger partial charge < -0.3 is 11.1 Å². The lowest BCUT2D eigenvalue weighted by Crippen LogP contribution is -2.48. The molecule has 0 aliphatic carbocycles. The topological polar surface area (TPSA) is 55.1 Å². The molecule has 1 rings (SSSR count). The molecule has 0 saturated heterocycles. The molecule has 1 aromatic carbocycles. The molecule has 0 bridgehead atoms. The molecule has 3 N–H and O–H groups in total. The maximum Gasteiger partial charge on any atom is 0.233 e. The third-order valence-electron chi connectivity index (χ3n) is 3.66. The summed E-state index contributed by atoms with van der Waals surface area (Å²) < 4.78 is 0. The van der Waals surface area contributed by atoms with Crippen LogP contribution in [-0.2, 0) is 11.3 Å². The smallest absolute Gasteiger partial charge is 0.233 e. The van der Waals surface area contributed by atoms with Crippen LogP contribution in [0.1, 0.15) is 45.1 Å². The Hall–Kier alpha value is -1.13. The molecule has 21 heavy (non-hydrogen) atoms. The van der Waals surface area contributed by atoms with Gasteiger partial charge in [-0.05, 0) is 24.5 Å². The lowest BCUT2D eigenvalue weighted by molar-refractivity contribution is -0.128. The first-order valence-electron chi connectivity index (χ1n) is 7.29. The second-order valence-corrected chi connectivity index (χ2v) is 6.07. The van der Waals surface area contributed by atoms with Gasteiger partial charge in [-0.2, -0.15) is 0 Å².